The van der Waals surface area contributed by atoms with Gasteiger partial charge in [0.2, 0.25) is 0 Å². The van der Waals surface area contributed by atoms with Crippen LogP contribution in [0.1, 0.15) is 65.8 Å². The van der Waals surface area contributed by atoms with Gasteiger partial charge in [0.1, 0.15) is 15.9 Å². The molecule has 4 rings (SSSR count). The lowest BCUT2D eigenvalue weighted by Gasteiger charge is -2.22. The summed E-state index contributed by atoms with van der Waals surface area (Å²) in [7, 11) is 3.70. The third-order valence-corrected chi connectivity index (χ3v) is 7.82. The highest BCUT2D eigenvalue weighted by molar-refractivity contribution is 6.52. The predicted octanol–water partition coefficient (Wildman–Crippen LogP) is 5.10. The predicted molar refractivity (Wildman–Crippen MR) is 167 cm³/mol. The van der Waals surface area contributed by atoms with E-state index in [9.17, 15) is 19.2 Å². The van der Waals surface area contributed by atoms with Crippen LogP contribution in [0.2, 0.25) is 0 Å². The monoisotopic (exact) mass is 632 g/mol. The van der Waals surface area contributed by atoms with Gasteiger partial charge in [-0.25, -0.2) is 14.5 Å². The molecule has 13 heteroatoms. The van der Waals surface area contributed by atoms with Crippen LogP contribution in [0, 0.1) is 0 Å². The quantitative estimate of drug-likeness (QED) is 0.192. The smallest absolute Gasteiger partial charge is 0.358 e. The first-order chi connectivity index (χ1) is 19.8. The number of rotatable bonds is 7. The largest absolute Gasteiger partial charge is 0.385 e. The van der Waals surface area contributed by atoms with E-state index >= 15 is 0 Å². The number of ether oxygens (including phenoxy) is 1. The highest BCUT2D eigenvalue weighted by Gasteiger charge is 2.38. The number of amides is 2. The van der Waals surface area contributed by atoms with Crippen LogP contribution < -0.4 is 10.6 Å². The summed E-state index contributed by atoms with van der Waals surface area (Å²) < 4.78 is 7.62. The van der Waals surface area contributed by atoms with Gasteiger partial charge in [-0.2, -0.15) is 10.2 Å². The number of allylic oxidation sites excluding steroid dienone is 2. The Hall–Kier alpha value is -3.96. The number of carbonyl (C=O) groups is 4. The van der Waals surface area contributed by atoms with Gasteiger partial charge in [0.15, 0.2) is 5.82 Å². The van der Waals surface area contributed by atoms with Gasteiger partial charge in [-0.05, 0) is 26.7 Å². The molecular weight excluding hydrogens is 595 g/mol. The highest BCUT2D eigenvalue weighted by atomic mass is 35.5. The van der Waals surface area contributed by atoms with Crippen LogP contribution in [-0.2, 0) is 48.8 Å². The van der Waals surface area contributed by atoms with Crippen molar-refractivity contribution < 1.29 is 23.9 Å². The van der Waals surface area contributed by atoms with Crippen LogP contribution in [0.4, 0.5) is 11.6 Å². The number of nitrogens with zero attached hydrogens (tertiary/aromatic N) is 5. The number of aromatic nitrogens is 4. The molecule has 0 spiro atoms. The van der Waals surface area contributed by atoms with E-state index in [2.05, 4.69) is 55.8 Å². The average Bonchev–Trinajstić information content (AvgIpc) is 3.59. The molecule has 2 amide bonds. The zero-order chi connectivity index (χ0) is 33.0. The third kappa shape index (κ3) is 7.71. The second-order valence-corrected chi connectivity index (χ2v) is 12.1. The van der Waals surface area contributed by atoms with Crippen molar-refractivity contribution in [2.45, 2.75) is 65.2 Å². The Labute approximate surface area is 261 Å². The molecule has 4 heterocycles. The molecule has 2 N–H and O–H groups in total. The van der Waals surface area contributed by atoms with Gasteiger partial charge < -0.3 is 10.5 Å². The average molecular weight is 634 g/mol. The van der Waals surface area contributed by atoms with Crippen molar-refractivity contribution in [1.29, 1.82) is 0 Å². The molecule has 0 unspecified atom stereocenters. The van der Waals surface area contributed by atoms with Crippen LogP contribution in [0.3, 0.4) is 0 Å². The number of aryl methyl sites for hydroxylation is 2. The van der Waals surface area contributed by atoms with Gasteiger partial charge in [-0.3, -0.25) is 19.0 Å². The van der Waals surface area contributed by atoms with Crippen LogP contribution in [-0.4, -0.2) is 43.3 Å². The fraction of sp³-hybridized carbons (Fsp3) is 0.400. The number of imide groups is 1. The van der Waals surface area contributed by atoms with Gasteiger partial charge in [-0.1, -0.05) is 63.0 Å². The van der Waals surface area contributed by atoms with Crippen molar-refractivity contribution in [3.05, 3.63) is 70.0 Å². The molecule has 2 aliphatic heterocycles. The molecule has 0 fully saturated rings. The maximum atomic E-state index is 12.1. The maximum Gasteiger partial charge on any atom is 0.358 e. The number of nitrogen functional groups attached to an aromatic ring is 1. The molecule has 0 bridgehead atoms. The standard InChI is InChI=1S/C15H18ClN3O2.C10H17N3.C5H3ClO3/c1-6-7-15(3,4)10-8-11(17-18(10)5)19-13(20)9(2)12(16)14(19)21;1-5-6-10(2,3)8-7-9(11)12-13(8)4;1-2-3(6)5(8)9-4(2)7/h6,8H,1,7H2,2-5H3;5,7H,1,6H2,2-4H3,(H2,11,12);1H3. The molecule has 2 aliphatic rings. The molecule has 0 atom stereocenters. The summed E-state index contributed by atoms with van der Waals surface area (Å²) in [6.45, 7) is 18.9. The molecule has 0 saturated heterocycles. The number of anilines is 2. The molecular formula is C30H38Cl2N6O5. The Morgan fingerprint density at radius 2 is 1.30 bits per heavy atom. The second kappa shape index (κ2) is 13.6. The molecule has 2 aromatic heterocycles. The van der Waals surface area contributed by atoms with Crippen molar-refractivity contribution in [3.8, 4) is 0 Å². The van der Waals surface area contributed by atoms with E-state index in [0.29, 0.717) is 11.6 Å². The first-order valence-electron chi connectivity index (χ1n) is 13.2. The van der Waals surface area contributed by atoms with Crippen LogP contribution in [0.5, 0.6) is 0 Å². The number of nitrogens with two attached hydrogens (primary N) is 1. The Kier molecular flexibility index (Phi) is 11.1. The first-order valence-corrected chi connectivity index (χ1v) is 14.0. The lowest BCUT2D eigenvalue weighted by atomic mass is 9.85. The fourth-order valence-corrected chi connectivity index (χ4v) is 4.80. The lowest BCUT2D eigenvalue weighted by Crippen LogP contribution is -2.31. The number of halogens is 2. The Balaban J connectivity index is 0.000000249. The molecule has 0 saturated carbocycles. The van der Waals surface area contributed by atoms with E-state index in [1.165, 1.54) is 13.8 Å². The van der Waals surface area contributed by atoms with Crippen molar-refractivity contribution in [2.24, 2.45) is 14.1 Å². The molecule has 0 aliphatic carbocycles. The number of cyclic esters (lactones) is 2. The van der Waals surface area contributed by atoms with E-state index in [1.807, 2.05) is 29.9 Å². The van der Waals surface area contributed by atoms with Gasteiger partial charge >= 0.3 is 11.9 Å². The van der Waals surface area contributed by atoms with E-state index in [1.54, 1.807) is 17.8 Å². The van der Waals surface area contributed by atoms with Gasteiger partial charge in [0, 0.05) is 54.0 Å². The molecule has 0 radical (unpaired) electrons. The summed E-state index contributed by atoms with van der Waals surface area (Å²) in [5, 5.41) is 8.26. The van der Waals surface area contributed by atoms with E-state index in [-0.39, 0.29) is 32.0 Å². The third-order valence-electron chi connectivity index (χ3n) is 6.93. The van der Waals surface area contributed by atoms with Crippen molar-refractivity contribution >= 4 is 58.6 Å². The van der Waals surface area contributed by atoms with Crippen molar-refractivity contribution in [2.75, 3.05) is 10.6 Å². The number of carbonyl (C=O) groups excluding carboxylic acids is 4. The Morgan fingerprint density at radius 1 is 0.814 bits per heavy atom. The summed E-state index contributed by atoms with van der Waals surface area (Å²) in [5.74, 6) is -1.46. The minimum atomic E-state index is -0.751. The number of esters is 2. The fourth-order valence-electron chi connectivity index (χ4n) is 4.52. The van der Waals surface area contributed by atoms with Crippen LogP contribution >= 0.6 is 23.2 Å². The summed E-state index contributed by atoms with van der Waals surface area (Å²) in [4.78, 5) is 46.0. The summed E-state index contributed by atoms with van der Waals surface area (Å²) in [5.41, 5.74) is 7.97. The van der Waals surface area contributed by atoms with Gasteiger partial charge in [0.05, 0.1) is 5.57 Å². The summed E-state index contributed by atoms with van der Waals surface area (Å²) in [6.07, 6.45) is 5.43. The Bertz CT molecular complexity index is 1500. The van der Waals surface area contributed by atoms with Crippen LogP contribution in [0.25, 0.3) is 0 Å². The minimum absolute atomic E-state index is 0.0439. The molecule has 11 nitrogen and oxygen atoms in total. The van der Waals surface area contributed by atoms with E-state index < -0.39 is 23.8 Å². The maximum absolute atomic E-state index is 12.1. The van der Waals surface area contributed by atoms with Crippen molar-refractivity contribution in [3.63, 3.8) is 0 Å². The van der Waals surface area contributed by atoms with Crippen molar-refractivity contribution in [1.82, 2.24) is 19.6 Å². The molecule has 0 aromatic carbocycles. The van der Waals surface area contributed by atoms with Gasteiger partial charge in [-0.15, -0.1) is 13.2 Å². The first kappa shape index (κ1) is 35.2. The lowest BCUT2D eigenvalue weighted by molar-refractivity contribution is -0.150. The molecule has 2 aromatic rings. The SMILES string of the molecule is C=CCC(C)(C)c1cc(N)nn1C.C=CCC(C)(C)c1cc(N2C(=O)C(C)=C(Cl)C2=O)nn1C.CC1=C(Cl)C(=O)OC1=O. The molecule has 232 valence electrons. The van der Waals surface area contributed by atoms with Crippen LogP contribution in [0.15, 0.2) is 58.7 Å². The normalized spacial score (nSPS) is 15.3. The van der Waals surface area contributed by atoms with E-state index in [0.717, 1.165) is 29.1 Å². The number of hydrogen-bond acceptors (Lipinski definition) is 8. The number of hydrogen-bond donors (Lipinski definition) is 1. The van der Waals surface area contributed by atoms with E-state index in [4.69, 9.17) is 28.9 Å². The molecule has 43 heavy (non-hydrogen) atoms. The van der Waals surface area contributed by atoms with Gasteiger partial charge in [0.25, 0.3) is 11.8 Å². The summed E-state index contributed by atoms with van der Waals surface area (Å²) in [6, 6.07) is 3.67. The topological polar surface area (TPSA) is 142 Å². The minimum Gasteiger partial charge on any atom is -0.385 e. The highest BCUT2D eigenvalue weighted by Crippen LogP contribution is 2.33. The zero-order valence-corrected chi connectivity index (χ0v) is 27.3. The zero-order valence-electron chi connectivity index (χ0n) is 25.7. The summed E-state index contributed by atoms with van der Waals surface area (Å²) >= 11 is 11.2. The second-order valence-electron chi connectivity index (χ2n) is 11.3. The Morgan fingerprint density at radius 3 is 1.63 bits per heavy atom.